The Kier molecular flexibility index (Phi) is 3.21. The first kappa shape index (κ1) is 14.6. The van der Waals surface area contributed by atoms with Crippen molar-refractivity contribution < 1.29 is 8.42 Å². The molecule has 0 aliphatic rings. The monoisotopic (exact) mass is 337 g/mol. The minimum absolute atomic E-state index is 0.177. The Morgan fingerprint density at radius 3 is 2.33 bits per heavy atom. The molecule has 0 radical (unpaired) electrons. The number of aromatic nitrogens is 1. The van der Waals surface area contributed by atoms with Gasteiger partial charge in [0.25, 0.3) is 10.0 Å². The second-order valence-corrected chi connectivity index (χ2v) is 7.29. The predicted molar refractivity (Wildman–Crippen MR) is 97.5 cm³/mol. The first-order chi connectivity index (χ1) is 11.5. The maximum Gasteiger partial charge on any atom is 0.261 e. The van der Waals surface area contributed by atoms with E-state index in [-0.39, 0.29) is 4.90 Å². The van der Waals surface area contributed by atoms with Gasteiger partial charge in [-0.25, -0.2) is 8.42 Å². The zero-order chi connectivity index (χ0) is 16.7. The molecule has 1 heterocycles. The van der Waals surface area contributed by atoms with Crippen molar-refractivity contribution in [2.24, 2.45) is 0 Å². The lowest BCUT2D eigenvalue weighted by Crippen LogP contribution is -2.12. The van der Waals surface area contributed by atoms with Crippen LogP contribution in [0.5, 0.6) is 0 Å². The first-order valence-electron chi connectivity index (χ1n) is 7.42. The van der Waals surface area contributed by atoms with E-state index in [2.05, 4.69) is 9.71 Å². The highest BCUT2D eigenvalue weighted by atomic mass is 32.2. The van der Waals surface area contributed by atoms with Gasteiger partial charge in [0.2, 0.25) is 0 Å². The van der Waals surface area contributed by atoms with Crippen LogP contribution >= 0.6 is 0 Å². The number of nitrogens with one attached hydrogen (secondary N) is 2. The number of nitrogens with two attached hydrogens (primary N) is 1. The smallest absolute Gasteiger partial charge is 0.261 e. The van der Waals surface area contributed by atoms with Crippen molar-refractivity contribution in [1.82, 2.24) is 4.98 Å². The van der Waals surface area contributed by atoms with Gasteiger partial charge in [0, 0.05) is 33.2 Å². The minimum Gasteiger partial charge on any atom is -0.399 e. The summed E-state index contributed by atoms with van der Waals surface area (Å²) in [6, 6.07) is 19.5. The maximum absolute atomic E-state index is 12.5. The van der Waals surface area contributed by atoms with E-state index in [1.807, 2.05) is 36.4 Å². The molecule has 0 amide bonds. The van der Waals surface area contributed by atoms with Crippen LogP contribution in [0.4, 0.5) is 11.4 Å². The molecule has 0 bridgehead atoms. The van der Waals surface area contributed by atoms with Crippen LogP contribution in [0.25, 0.3) is 21.8 Å². The Hall–Kier alpha value is -2.99. The molecular formula is C18H15N3O2S. The van der Waals surface area contributed by atoms with E-state index in [0.29, 0.717) is 11.4 Å². The SMILES string of the molecule is Nc1ccc(S(=O)(=O)Nc2ccc3[nH]c4ccccc4c3c2)cc1. The second-order valence-electron chi connectivity index (χ2n) is 5.61. The van der Waals surface area contributed by atoms with Crippen molar-refractivity contribution in [1.29, 1.82) is 0 Å². The average Bonchev–Trinajstić information content (AvgIpc) is 2.93. The summed E-state index contributed by atoms with van der Waals surface area (Å²) in [7, 11) is -3.65. The standard InChI is InChI=1S/C18H15N3O2S/c19-12-5-8-14(9-6-12)24(22,23)21-13-7-10-18-16(11-13)15-3-1-2-4-17(15)20-18/h1-11,20-21H,19H2. The van der Waals surface area contributed by atoms with Crippen molar-refractivity contribution in [3.63, 3.8) is 0 Å². The molecule has 0 saturated carbocycles. The number of rotatable bonds is 3. The summed E-state index contributed by atoms with van der Waals surface area (Å²) in [5.41, 5.74) is 8.63. The Morgan fingerprint density at radius 1 is 0.833 bits per heavy atom. The number of aromatic amines is 1. The zero-order valence-electron chi connectivity index (χ0n) is 12.7. The third kappa shape index (κ3) is 2.47. The third-order valence-electron chi connectivity index (χ3n) is 3.95. The summed E-state index contributed by atoms with van der Waals surface area (Å²) >= 11 is 0. The normalized spacial score (nSPS) is 11.8. The largest absolute Gasteiger partial charge is 0.399 e. The highest BCUT2D eigenvalue weighted by Crippen LogP contribution is 2.28. The number of nitrogen functional groups attached to an aromatic ring is 1. The molecule has 6 heteroatoms. The summed E-state index contributed by atoms with van der Waals surface area (Å²) in [6.07, 6.45) is 0. The van der Waals surface area contributed by atoms with Crippen LogP contribution in [0.2, 0.25) is 0 Å². The Bertz CT molecular complexity index is 1150. The molecular weight excluding hydrogens is 322 g/mol. The van der Waals surface area contributed by atoms with Gasteiger partial charge in [-0.2, -0.15) is 0 Å². The van der Waals surface area contributed by atoms with Crippen LogP contribution in [0, 0.1) is 0 Å². The van der Waals surface area contributed by atoms with E-state index in [1.165, 1.54) is 12.1 Å². The van der Waals surface area contributed by atoms with Crippen LogP contribution < -0.4 is 10.5 Å². The Balaban J connectivity index is 1.76. The molecule has 120 valence electrons. The van der Waals surface area contributed by atoms with E-state index in [4.69, 9.17) is 5.73 Å². The molecule has 0 aliphatic carbocycles. The molecule has 1 aromatic heterocycles. The molecule has 24 heavy (non-hydrogen) atoms. The molecule has 0 unspecified atom stereocenters. The number of hydrogen-bond donors (Lipinski definition) is 3. The second kappa shape index (κ2) is 5.28. The number of hydrogen-bond acceptors (Lipinski definition) is 3. The van der Waals surface area contributed by atoms with Crippen molar-refractivity contribution >= 4 is 43.2 Å². The fraction of sp³-hybridized carbons (Fsp3) is 0. The van der Waals surface area contributed by atoms with Gasteiger partial charge in [-0.15, -0.1) is 0 Å². The predicted octanol–water partition coefficient (Wildman–Crippen LogP) is 3.70. The molecule has 0 atom stereocenters. The fourth-order valence-electron chi connectivity index (χ4n) is 2.77. The number of anilines is 2. The fourth-order valence-corrected chi connectivity index (χ4v) is 3.82. The minimum atomic E-state index is -3.65. The molecule has 4 rings (SSSR count). The van der Waals surface area contributed by atoms with Gasteiger partial charge < -0.3 is 10.7 Å². The first-order valence-corrected chi connectivity index (χ1v) is 8.90. The van der Waals surface area contributed by atoms with Crippen molar-refractivity contribution in [2.75, 3.05) is 10.5 Å². The van der Waals surface area contributed by atoms with Gasteiger partial charge in [0.1, 0.15) is 0 Å². The number of H-pyrrole nitrogens is 1. The van der Waals surface area contributed by atoms with Gasteiger partial charge in [-0.05, 0) is 48.5 Å². The zero-order valence-corrected chi connectivity index (χ0v) is 13.5. The van der Waals surface area contributed by atoms with Gasteiger partial charge in [0.05, 0.1) is 4.90 Å². The molecule has 0 aliphatic heterocycles. The van der Waals surface area contributed by atoms with Crippen molar-refractivity contribution in [2.45, 2.75) is 4.90 Å². The molecule has 0 spiro atoms. The number of fused-ring (bicyclic) bond motifs is 3. The number of para-hydroxylation sites is 1. The van der Waals surface area contributed by atoms with Crippen LogP contribution in [0.3, 0.4) is 0 Å². The Labute approximate surface area is 139 Å². The lowest BCUT2D eigenvalue weighted by molar-refractivity contribution is 0.601. The number of benzene rings is 3. The quantitative estimate of drug-likeness (QED) is 0.498. The third-order valence-corrected chi connectivity index (χ3v) is 5.35. The van der Waals surface area contributed by atoms with Crippen LogP contribution in [-0.2, 0) is 10.0 Å². The lowest BCUT2D eigenvalue weighted by Gasteiger charge is -2.08. The highest BCUT2D eigenvalue weighted by Gasteiger charge is 2.14. The summed E-state index contributed by atoms with van der Waals surface area (Å²) in [5.74, 6) is 0. The summed E-state index contributed by atoms with van der Waals surface area (Å²) in [5, 5.41) is 2.03. The van der Waals surface area contributed by atoms with Gasteiger partial charge in [-0.1, -0.05) is 18.2 Å². The van der Waals surface area contributed by atoms with E-state index >= 15 is 0 Å². The summed E-state index contributed by atoms with van der Waals surface area (Å²) in [4.78, 5) is 3.49. The Morgan fingerprint density at radius 2 is 1.54 bits per heavy atom. The van der Waals surface area contributed by atoms with Crippen LogP contribution in [-0.4, -0.2) is 13.4 Å². The molecule has 4 N–H and O–H groups in total. The molecule has 0 saturated heterocycles. The van der Waals surface area contributed by atoms with Crippen molar-refractivity contribution in [3.8, 4) is 0 Å². The van der Waals surface area contributed by atoms with Crippen molar-refractivity contribution in [3.05, 3.63) is 66.7 Å². The molecule has 3 aromatic carbocycles. The van der Waals surface area contributed by atoms with E-state index in [9.17, 15) is 8.42 Å². The highest BCUT2D eigenvalue weighted by molar-refractivity contribution is 7.92. The van der Waals surface area contributed by atoms with Gasteiger partial charge in [0.15, 0.2) is 0 Å². The van der Waals surface area contributed by atoms with Gasteiger partial charge in [-0.3, -0.25) is 4.72 Å². The average molecular weight is 337 g/mol. The molecule has 0 fully saturated rings. The van der Waals surface area contributed by atoms with E-state index in [0.717, 1.165) is 21.8 Å². The number of sulfonamides is 1. The topological polar surface area (TPSA) is 88.0 Å². The van der Waals surface area contributed by atoms with Crippen LogP contribution in [0.15, 0.2) is 71.6 Å². The van der Waals surface area contributed by atoms with E-state index < -0.39 is 10.0 Å². The molecule has 5 nitrogen and oxygen atoms in total. The van der Waals surface area contributed by atoms with Crippen LogP contribution in [0.1, 0.15) is 0 Å². The summed E-state index contributed by atoms with van der Waals surface area (Å²) < 4.78 is 27.6. The lowest BCUT2D eigenvalue weighted by atomic mass is 10.1. The van der Waals surface area contributed by atoms with E-state index in [1.54, 1.807) is 18.2 Å². The van der Waals surface area contributed by atoms with Gasteiger partial charge >= 0.3 is 0 Å². The maximum atomic E-state index is 12.5. The molecule has 4 aromatic rings. The summed E-state index contributed by atoms with van der Waals surface area (Å²) in [6.45, 7) is 0.